The lowest BCUT2D eigenvalue weighted by atomic mass is 10.1. The van der Waals surface area contributed by atoms with Gasteiger partial charge in [0.2, 0.25) is 0 Å². The summed E-state index contributed by atoms with van der Waals surface area (Å²) in [6.07, 6.45) is 4.00. The molecule has 1 fully saturated rings. The molecular weight excluding hydrogens is 298 g/mol. The van der Waals surface area contributed by atoms with Gasteiger partial charge in [0.1, 0.15) is 0 Å². The maximum Gasteiger partial charge on any atom is 0.314 e. The van der Waals surface area contributed by atoms with E-state index in [1.807, 2.05) is 6.07 Å². The molecule has 1 aliphatic heterocycles. The van der Waals surface area contributed by atoms with Gasteiger partial charge in [-0.2, -0.15) is 0 Å². The van der Waals surface area contributed by atoms with E-state index < -0.39 is 0 Å². The molecule has 1 atom stereocenters. The van der Waals surface area contributed by atoms with Gasteiger partial charge in [-0.1, -0.05) is 20.3 Å². The van der Waals surface area contributed by atoms with Gasteiger partial charge in [-0.3, -0.25) is 4.79 Å². The molecule has 0 aliphatic carbocycles. The number of thiophene rings is 1. The van der Waals surface area contributed by atoms with E-state index in [1.54, 1.807) is 16.2 Å². The van der Waals surface area contributed by atoms with Crippen LogP contribution in [-0.2, 0) is 12.8 Å². The maximum atomic E-state index is 12.3. The molecule has 3 N–H and O–H groups in total. The normalized spacial score (nSPS) is 17.7. The molecule has 6 heteroatoms. The van der Waals surface area contributed by atoms with Crippen LogP contribution in [0.3, 0.4) is 0 Å². The highest BCUT2D eigenvalue weighted by Gasteiger charge is 2.25. The van der Waals surface area contributed by atoms with Crippen LogP contribution in [0.5, 0.6) is 0 Å². The summed E-state index contributed by atoms with van der Waals surface area (Å²) in [7, 11) is 0. The third kappa shape index (κ3) is 4.00. The number of aryl methyl sites for hydroxylation is 2. The molecule has 1 aromatic heterocycles. The molecule has 1 saturated heterocycles. The van der Waals surface area contributed by atoms with Crippen molar-refractivity contribution in [3.05, 3.63) is 21.4 Å². The SMILES string of the molecule is CCCc1sc(C(=O)NC[C@@H]2CCN(C(N)=O)C2)cc1CC. The van der Waals surface area contributed by atoms with E-state index in [4.69, 9.17) is 5.73 Å². The van der Waals surface area contributed by atoms with Crippen LogP contribution >= 0.6 is 11.3 Å². The second-order valence-electron chi connectivity index (χ2n) is 5.81. The van der Waals surface area contributed by atoms with E-state index in [0.29, 0.717) is 25.6 Å². The van der Waals surface area contributed by atoms with Crippen molar-refractivity contribution in [1.82, 2.24) is 10.2 Å². The number of nitrogens with two attached hydrogens (primary N) is 1. The molecule has 1 aromatic rings. The molecule has 1 aliphatic rings. The maximum absolute atomic E-state index is 12.3. The molecule has 5 nitrogen and oxygen atoms in total. The molecule has 0 saturated carbocycles. The summed E-state index contributed by atoms with van der Waals surface area (Å²) >= 11 is 1.61. The predicted octanol–water partition coefficient (Wildman–Crippen LogP) is 2.39. The number of nitrogens with one attached hydrogen (secondary N) is 1. The minimum atomic E-state index is -0.371. The summed E-state index contributed by atoms with van der Waals surface area (Å²) in [5.41, 5.74) is 6.56. The third-order valence-corrected chi connectivity index (χ3v) is 5.36. The average Bonchev–Trinajstić information content (AvgIpc) is 3.12. The summed E-state index contributed by atoms with van der Waals surface area (Å²) < 4.78 is 0. The first-order chi connectivity index (χ1) is 10.5. The van der Waals surface area contributed by atoms with Crippen LogP contribution in [-0.4, -0.2) is 36.5 Å². The first-order valence-electron chi connectivity index (χ1n) is 7.99. The van der Waals surface area contributed by atoms with Crippen molar-refractivity contribution in [2.45, 2.75) is 39.5 Å². The van der Waals surface area contributed by atoms with Crippen molar-refractivity contribution in [2.75, 3.05) is 19.6 Å². The average molecular weight is 323 g/mol. The van der Waals surface area contributed by atoms with Crippen molar-refractivity contribution in [1.29, 1.82) is 0 Å². The van der Waals surface area contributed by atoms with Crippen LogP contribution in [0.4, 0.5) is 4.79 Å². The zero-order valence-electron chi connectivity index (χ0n) is 13.4. The summed E-state index contributed by atoms with van der Waals surface area (Å²) in [5.74, 6) is 0.303. The van der Waals surface area contributed by atoms with Crippen molar-refractivity contribution in [2.24, 2.45) is 11.7 Å². The number of urea groups is 1. The molecule has 0 aromatic carbocycles. The molecule has 3 amide bonds. The fraction of sp³-hybridized carbons (Fsp3) is 0.625. The molecule has 22 heavy (non-hydrogen) atoms. The van der Waals surface area contributed by atoms with Crippen molar-refractivity contribution in [3.8, 4) is 0 Å². The Hall–Kier alpha value is -1.56. The van der Waals surface area contributed by atoms with Gasteiger partial charge >= 0.3 is 6.03 Å². The highest BCUT2D eigenvalue weighted by atomic mass is 32.1. The molecule has 0 unspecified atom stereocenters. The van der Waals surface area contributed by atoms with Crippen LogP contribution in [0.1, 0.15) is 46.8 Å². The Morgan fingerprint density at radius 1 is 1.45 bits per heavy atom. The predicted molar refractivity (Wildman–Crippen MR) is 89.3 cm³/mol. The smallest absolute Gasteiger partial charge is 0.314 e. The zero-order valence-corrected chi connectivity index (χ0v) is 14.2. The molecule has 0 bridgehead atoms. The Kier molecular flexibility index (Phi) is 5.83. The summed E-state index contributed by atoms with van der Waals surface area (Å²) in [6.45, 7) is 6.21. The third-order valence-electron chi connectivity index (χ3n) is 4.13. The van der Waals surface area contributed by atoms with Gasteiger partial charge in [0.15, 0.2) is 0 Å². The Balaban J connectivity index is 1.89. The number of carbonyl (C=O) groups excluding carboxylic acids is 2. The molecular formula is C16H25N3O2S. The first kappa shape index (κ1) is 16.8. The molecule has 2 rings (SSSR count). The van der Waals surface area contributed by atoms with Crippen molar-refractivity contribution in [3.63, 3.8) is 0 Å². The van der Waals surface area contributed by atoms with E-state index in [-0.39, 0.29) is 11.9 Å². The van der Waals surface area contributed by atoms with E-state index in [2.05, 4.69) is 19.2 Å². The van der Waals surface area contributed by atoms with Crippen LogP contribution in [0.2, 0.25) is 0 Å². The lowest BCUT2D eigenvalue weighted by Crippen LogP contribution is -2.35. The monoisotopic (exact) mass is 323 g/mol. The molecule has 0 radical (unpaired) electrons. The molecule has 122 valence electrons. The Labute approximate surface area is 135 Å². The van der Waals surface area contributed by atoms with Crippen LogP contribution < -0.4 is 11.1 Å². The second-order valence-corrected chi connectivity index (χ2v) is 6.95. The first-order valence-corrected chi connectivity index (χ1v) is 8.80. The number of carbonyl (C=O) groups is 2. The highest BCUT2D eigenvalue weighted by Crippen LogP contribution is 2.25. The van der Waals surface area contributed by atoms with Crippen LogP contribution in [0.25, 0.3) is 0 Å². The summed E-state index contributed by atoms with van der Waals surface area (Å²) in [5, 5.41) is 3.00. The fourth-order valence-electron chi connectivity index (χ4n) is 2.84. The van der Waals surface area contributed by atoms with E-state index in [9.17, 15) is 9.59 Å². The summed E-state index contributed by atoms with van der Waals surface area (Å²) in [4.78, 5) is 27.2. The lowest BCUT2D eigenvalue weighted by molar-refractivity contribution is 0.0952. The van der Waals surface area contributed by atoms with E-state index in [0.717, 1.165) is 30.6 Å². The second kappa shape index (κ2) is 7.63. The quantitative estimate of drug-likeness (QED) is 0.843. The Morgan fingerprint density at radius 2 is 2.23 bits per heavy atom. The minimum absolute atomic E-state index is 0.000391. The van der Waals surface area contributed by atoms with Gasteiger partial charge < -0.3 is 16.0 Å². The number of primary amides is 1. The molecule has 2 heterocycles. The fourth-order valence-corrected chi connectivity index (χ4v) is 4.11. The molecule has 0 spiro atoms. The van der Waals surface area contributed by atoms with Gasteiger partial charge in [0.05, 0.1) is 4.88 Å². The van der Waals surface area contributed by atoms with Gasteiger partial charge in [-0.15, -0.1) is 11.3 Å². The lowest BCUT2D eigenvalue weighted by Gasteiger charge is -2.13. The van der Waals surface area contributed by atoms with Gasteiger partial charge in [0, 0.05) is 24.5 Å². The number of likely N-dealkylation sites (tertiary alicyclic amines) is 1. The Morgan fingerprint density at radius 3 is 2.82 bits per heavy atom. The largest absolute Gasteiger partial charge is 0.351 e. The van der Waals surface area contributed by atoms with Crippen molar-refractivity contribution < 1.29 is 9.59 Å². The topological polar surface area (TPSA) is 75.4 Å². The van der Waals surface area contributed by atoms with Gasteiger partial charge in [0.25, 0.3) is 5.91 Å². The number of rotatable bonds is 6. The van der Waals surface area contributed by atoms with Crippen LogP contribution in [0.15, 0.2) is 6.07 Å². The summed E-state index contributed by atoms with van der Waals surface area (Å²) in [6, 6.07) is 1.65. The van der Waals surface area contributed by atoms with E-state index in [1.165, 1.54) is 10.4 Å². The minimum Gasteiger partial charge on any atom is -0.351 e. The number of hydrogen-bond donors (Lipinski definition) is 2. The van der Waals surface area contributed by atoms with Gasteiger partial charge in [-0.25, -0.2) is 4.79 Å². The van der Waals surface area contributed by atoms with Gasteiger partial charge in [-0.05, 0) is 36.8 Å². The number of nitrogens with zero attached hydrogens (tertiary/aromatic N) is 1. The zero-order chi connectivity index (χ0) is 16.1. The number of hydrogen-bond acceptors (Lipinski definition) is 3. The standard InChI is InChI=1S/C16H25N3O2S/c1-3-5-13-12(4-2)8-14(22-13)15(20)18-9-11-6-7-19(10-11)16(17)21/h8,11H,3-7,9-10H2,1-2H3,(H2,17,21)(H,18,20)/t11-/m0/s1. The number of amides is 3. The van der Waals surface area contributed by atoms with Crippen LogP contribution in [0, 0.1) is 5.92 Å². The Bertz CT molecular complexity index is 541. The van der Waals surface area contributed by atoms with Crippen molar-refractivity contribution >= 4 is 23.3 Å². The van der Waals surface area contributed by atoms with E-state index >= 15 is 0 Å². The highest BCUT2D eigenvalue weighted by molar-refractivity contribution is 7.14.